The average molecular weight is 309 g/mol. The van der Waals surface area contributed by atoms with E-state index in [0.29, 0.717) is 13.0 Å². The van der Waals surface area contributed by atoms with Crippen molar-refractivity contribution in [1.29, 1.82) is 0 Å². The van der Waals surface area contributed by atoms with Gasteiger partial charge in [-0.05, 0) is 44.0 Å². The number of piperidine rings is 1. The first-order valence-electron chi connectivity index (χ1n) is 7.97. The highest BCUT2D eigenvalue weighted by Gasteiger charge is 2.24. The molecule has 1 aliphatic rings. The summed E-state index contributed by atoms with van der Waals surface area (Å²) >= 11 is 6.38. The highest BCUT2D eigenvalue weighted by Crippen LogP contribution is 2.29. The second-order valence-corrected chi connectivity index (χ2v) is 6.10. The van der Waals surface area contributed by atoms with Crippen molar-refractivity contribution in [2.75, 3.05) is 19.6 Å². The quantitative estimate of drug-likeness (QED) is 0.867. The molecule has 116 valence electrons. The van der Waals surface area contributed by atoms with Crippen LogP contribution in [0.5, 0.6) is 0 Å². The molecule has 1 atom stereocenters. The number of likely N-dealkylation sites (tertiary alicyclic amines) is 1. The lowest BCUT2D eigenvalue weighted by atomic mass is 10.0. The highest BCUT2D eigenvalue weighted by molar-refractivity contribution is 6.31. The molecule has 1 amide bonds. The van der Waals surface area contributed by atoms with E-state index >= 15 is 0 Å². The van der Waals surface area contributed by atoms with E-state index in [0.717, 1.165) is 30.1 Å². The second-order valence-electron chi connectivity index (χ2n) is 5.69. The van der Waals surface area contributed by atoms with Crippen LogP contribution >= 0.6 is 11.6 Å². The van der Waals surface area contributed by atoms with Crippen molar-refractivity contribution < 1.29 is 4.79 Å². The van der Waals surface area contributed by atoms with E-state index in [4.69, 9.17) is 11.6 Å². The number of hydrogen-bond donors (Lipinski definition) is 1. The summed E-state index contributed by atoms with van der Waals surface area (Å²) in [5, 5.41) is 3.86. The van der Waals surface area contributed by atoms with Crippen molar-refractivity contribution in [1.82, 2.24) is 10.2 Å². The van der Waals surface area contributed by atoms with Gasteiger partial charge in [0.1, 0.15) is 0 Å². The van der Waals surface area contributed by atoms with E-state index in [1.54, 1.807) is 0 Å². The minimum absolute atomic E-state index is 0.131. The summed E-state index contributed by atoms with van der Waals surface area (Å²) in [4.78, 5) is 14.2. The molecule has 4 heteroatoms. The summed E-state index contributed by atoms with van der Waals surface area (Å²) in [6.45, 7) is 4.83. The first-order valence-corrected chi connectivity index (χ1v) is 8.35. The summed E-state index contributed by atoms with van der Waals surface area (Å²) in [6.07, 6.45) is 5.23. The number of nitrogens with one attached hydrogen (secondary N) is 1. The van der Waals surface area contributed by atoms with Crippen LogP contribution in [-0.4, -0.2) is 30.4 Å². The molecule has 1 saturated heterocycles. The third-order valence-electron chi connectivity index (χ3n) is 4.07. The normalized spacial score (nSPS) is 17.4. The number of benzene rings is 1. The van der Waals surface area contributed by atoms with Crippen LogP contribution in [0.25, 0.3) is 0 Å². The summed E-state index contributed by atoms with van der Waals surface area (Å²) in [6, 6.07) is 8.16. The lowest BCUT2D eigenvalue weighted by Gasteiger charge is -2.35. The van der Waals surface area contributed by atoms with Crippen LogP contribution in [0.2, 0.25) is 5.02 Å². The van der Waals surface area contributed by atoms with Crippen molar-refractivity contribution in [3.63, 3.8) is 0 Å². The molecule has 0 unspecified atom stereocenters. The fourth-order valence-corrected chi connectivity index (χ4v) is 3.20. The number of amides is 1. The van der Waals surface area contributed by atoms with Gasteiger partial charge in [0.2, 0.25) is 5.91 Å². The lowest BCUT2D eigenvalue weighted by molar-refractivity contribution is -0.121. The summed E-state index contributed by atoms with van der Waals surface area (Å²) in [5.74, 6) is 0.131. The zero-order valence-electron chi connectivity index (χ0n) is 12.8. The van der Waals surface area contributed by atoms with Gasteiger partial charge in [-0.1, -0.05) is 43.1 Å². The molecule has 1 N–H and O–H groups in total. The SMILES string of the molecule is CCCC(=O)NC[C@H](c1ccccc1Cl)N1CCCCC1. The molecule has 0 spiro atoms. The van der Waals surface area contributed by atoms with E-state index in [1.165, 1.54) is 19.3 Å². The molecular formula is C17H25ClN2O. The van der Waals surface area contributed by atoms with Gasteiger partial charge in [0, 0.05) is 18.0 Å². The van der Waals surface area contributed by atoms with Crippen molar-refractivity contribution >= 4 is 17.5 Å². The maximum atomic E-state index is 11.8. The van der Waals surface area contributed by atoms with E-state index in [2.05, 4.69) is 16.3 Å². The Bertz CT molecular complexity index is 458. The molecule has 0 aromatic heterocycles. The fraction of sp³-hybridized carbons (Fsp3) is 0.588. The molecule has 1 fully saturated rings. The topological polar surface area (TPSA) is 32.3 Å². The van der Waals surface area contributed by atoms with Gasteiger partial charge in [-0.25, -0.2) is 0 Å². The van der Waals surface area contributed by atoms with Crippen molar-refractivity contribution in [3.05, 3.63) is 34.9 Å². The van der Waals surface area contributed by atoms with Crippen LogP contribution in [0.1, 0.15) is 50.6 Å². The minimum atomic E-state index is 0.131. The molecule has 1 aromatic carbocycles. The number of halogens is 1. The van der Waals surface area contributed by atoms with Gasteiger partial charge in [0.25, 0.3) is 0 Å². The number of rotatable bonds is 6. The van der Waals surface area contributed by atoms with Crippen LogP contribution in [0.3, 0.4) is 0 Å². The summed E-state index contributed by atoms with van der Waals surface area (Å²) < 4.78 is 0. The number of carbonyl (C=O) groups is 1. The van der Waals surface area contributed by atoms with Crippen LogP contribution in [0.4, 0.5) is 0 Å². The van der Waals surface area contributed by atoms with Gasteiger partial charge in [0.05, 0.1) is 6.04 Å². The van der Waals surface area contributed by atoms with Crippen LogP contribution in [-0.2, 0) is 4.79 Å². The fourth-order valence-electron chi connectivity index (χ4n) is 2.94. The largest absolute Gasteiger partial charge is 0.354 e. The van der Waals surface area contributed by atoms with E-state index in [1.807, 2.05) is 25.1 Å². The van der Waals surface area contributed by atoms with Gasteiger partial charge < -0.3 is 5.32 Å². The Morgan fingerprint density at radius 2 is 2.00 bits per heavy atom. The number of carbonyl (C=O) groups excluding carboxylic acids is 1. The van der Waals surface area contributed by atoms with Gasteiger partial charge in [0.15, 0.2) is 0 Å². The monoisotopic (exact) mass is 308 g/mol. The van der Waals surface area contributed by atoms with Crippen molar-refractivity contribution in [3.8, 4) is 0 Å². The predicted molar refractivity (Wildman–Crippen MR) is 87.5 cm³/mol. The molecule has 1 aromatic rings. The first kappa shape index (κ1) is 16.3. The highest BCUT2D eigenvalue weighted by atomic mass is 35.5. The summed E-state index contributed by atoms with van der Waals surface area (Å²) in [5.41, 5.74) is 1.12. The molecule has 0 saturated carbocycles. The Balaban J connectivity index is 2.10. The molecule has 3 nitrogen and oxygen atoms in total. The lowest BCUT2D eigenvalue weighted by Crippen LogP contribution is -2.40. The Morgan fingerprint density at radius 3 is 2.67 bits per heavy atom. The zero-order chi connectivity index (χ0) is 15.1. The molecule has 0 bridgehead atoms. The third-order valence-corrected chi connectivity index (χ3v) is 4.41. The van der Waals surface area contributed by atoms with Gasteiger partial charge in [-0.2, -0.15) is 0 Å². The Labute approximate surface area is 132 Å². The number of hydrogen-bond acceptors (Lipinski definition) is 2. The maximum absolute atomic E-state index is 11.8. The molecule has 1 aliphatic heterocycles. The molecule has 1 heterocycles. The Morgan fingerprint density at radius 1 is 1.29 bits per heavy atom. The van der Waals surface area contributed by atoms with Crippen LogP contribution in [0, 0.1) is 0 Å². The molecule has 21 heavy (non-hydrogen) atoms. The van der Waals surface area contributed by atoms with E-state index in [-0.39, 0.29) is 11.9 Å². The van der Waals surface area contributed by atoms with Gasteiger partial charge >= 0.3 is 0 Å². The van der Waals surface area contributed by atoms with E-state index in [9.17, 15) is 4.79 Å². The van der Waals surface area contributed by atoms with E-state index < -0.39 is 0 Å². The smallest absolute Gasteiger partial charge is 0.220 e. The second kappa shape index (κ2) is 8.40. The average Bonchev–Trinajstić information content (AvgIpc) is 2.50. The number of nitrogens with zero attached hydrogens (tertiary/aromatic N) is 1. The third kappa shape index (κ3) is 4.72. The van der Waals surface area contributed by atoms with Gasteiger partial charge in [-0.15, -0.1) is 0 Å². The zero-order valence-corrected chi connectivity index (χ0v) is 13.5. The van der Waals surface area contributed by atoms with Crippen molar-refractivity contribution in [2.45, 2.75) is 45.1 Å². The van der Waals surface area contributed by atoms with Crippen LogP contribution in [0.15, 0.2) is 24.3 Å². The first-order chi connectivity index (χ1) is 10.2. The molecule has 0 radical (unpaired) electrons. The molecular weight excluding hydrogens is 284 g/mol. The van der Waals surface area contributed by atoms with Gasteiger partial charge in [-0.3, -0.25) is 9.69 Å². The maximum Gasteiger partial charge on any atom is 0.220 e. The Kier molecular flexibility index (Phi) is 6.52. The molecule has 0 aliphatic carbocycles. The summed E-state index contributed by atoms with van der Waals surface area (Å²) in [7, 11) is 0. The Hall–Kier alpha value is -1.06. The minimum Gasteiger partial charge on any atom is -0.354 e. The predicted octanol–water partition coefficient (Wildman–Crippen LogP) is 3.78. The standard InChI is InChI=1S/C17H25ClN2O/c1-2-8-17(21)19-13-16(20-11-6-3-7-12-20)14-9-4-5-10-15(14)18/h4-5,9-10,16H,2-3,6-8,11-13H2,1H3,(H,19,21)/t16-/m1/s1. The van der Waals surface area contributed by atoms with Crippen LogP contribution < -0.4 is 5.32 Å². The van der Waals surface area contributed by atoms with Crippen molar-refractivity contribution in [2.24, 2.45) is 0 Å². The molecule has 2 rings (SSSR count).